The maximum absolute atomic E-state index is 11.3. The van der Waals surface area contributed by atoms with E-state index >= 15 is 0 Å². The molecule has 0 fully saturated rings. The van der Waals surface area contributed by atoms with Crippen molar-refractivity contribution >= 4 is 22.0 Å². The topological polar surface area (TPSA) is 88.0 Å². The summed E-state index contributed by atoms with van der Waals surface area (Å²) in [6, 6.07) is 13.7. The average molecular weight is 306 g/mol. The average Bonchev–Trinajstić information content (AvgIpc) is 2.47. The minimum absolute atomic E-state index is 0.0747. The Balaban J connectivity index is 2.21. The number of ether oxygens (including phenoxy) is 1. The number of hydrogen-bond acceptors (Lipinski definition) is 5. The zero-order chi connectivity index (χ0) is 15.3. The predicted molar refractivity (Wildman–Crippen MR) is 80.5 cm³/mol. The van der Waals surface area contributed by atoms with E-state index in [9.17, 15) is 8.42 Å². The molecular weight excluding hydrogens is 292 g/mol. The Hall–Kier alpha value is -2.38. The summed E-state index contributed by atoms with van der Waals surface area (Å²) in [5, 5.41) is 4.00. The van der Waals surface area contributed by atoms with Gasteiger partial charge in [-0.25, -0.2) is 0 Å². The molecule has 0 aliphatic carbocycles. The van der Waals surface area contributed by atoms with Gasteiger partial charge in [0.15, 0.2) is 0 Å². The molecule has 0 aromatic heterocycles. The first-order chi connectivity index (χ1) is 10.0. The van der Waals surface area contributed by atoms with Crippen molar-refractivity contribution in [2.45, 2.75) is 4.90 Å². The summed E-state index contributed by atoms with van der Waals surface area (Å²) in [4.78, 5) is -0.298. The van der Waals surface area contributed by atoms with Crippen molar-refractivity contribution in [3.05, 3.63) is 54.1 Å². The lowest BCUT2D eigenvalue weighted by Crippen LogP contribution is -2.02. The number of nitrogens with one attached hydrogen (secondary N) is 1. The molecule has 0 radical (unpaired) electrons. The van der Waals surface area contributed by atoms with Crippen LogP contribution in [0.3, 0.4) is 0 Å². The van der Waals surface area contributed by atoms with Gasteiger partial charge in [0.25, 0.3) is 10.1 Å². The fourth-order valence-electron chi connectivity index (χ4n) is 1.67. The van der Waals surface area contributed by atoms with Gasteiger partial charge in [-0.15, -0.1) is 0 Å². The van der Waals surface area contributed by atoms with Crippen LogP contribution in [0.1, 0.15) is 5.56 Å². The van der Waals surface area contributed by atoms with Crippen LogP contribution in [0.5, 0.6) is 5.75 Å². The molecule has 0 saturated carbocycles. The molecular formula is C14H14N2O4S. The van der Waals surface area contributed by atoms with Gasteiger partial charge < -0.3 is 4.74 Å². The first-order valence-electron chi connectivity index (χ1n) is 6.00. The first kappa shape index (κ1) is 15.0. The molecule has 2 aromatic rings. The van der Waals surface area contributed by atoms with E-state index in [2.05, 4.69) is 10.5 Å². The van der Waals surface area contributed by atoms with Crippen LogP contribution in [0, 0.1) is 0 Å². The lowest BCUT2D eigenvalue weighted by atomic mass is 10.2. The molecule has 0 bridgehead atoms. The molecule has 0 heterocycles. The zero-order valence-corrected chi connectivity index (χ0v) is 12.0. The molecule has 2 aromatic carbocycles. The van der Waals surface area contributed by atoms with Gasteiger partial charge in [-0.05, 0) is 35.9 Å². The third kappa shape index (κ3) is 4.04. The highest BCUT2D eigenvalue weighted by molar-refractivity contribution is 7.86. The lowest BCUT2D eigenvalue weighted by molar-refractivity contribution is 0.397. The number of nitrogens with zero attached hydrogens (tertiary/aromatic N) is 1. The van der Waals surface area contributed by atoms with E-state index in [0.717, 1.165) is 5.69 Å². The molecule has 0 saturated heterocycles. The fourth-order valence-corrected chi connectivity index (χ4v) is 2.36. The van der Waals surface area contributed by atoms with Gasteiger partial charge in [0.2, 0.25) is 0 Å². The van der Waals surface area contributed by atoms with Crippen LogP contribution in [-0.4, -0.2) is 26.3 Å². The molecule has 0 amide bonds. The van der Waals surface area contributed by atoms with Gasteiger partial charge in [-0.2, -0.15) is 13.5 Å². The van der Waals surface area contributed by atoms with E-state index in [4.69, 9.17) is 9.29 Å². The molecule has 0 aliphatic heterocycles. The van der Waals surface area contributed by atoms with E-state index < -0.39 is 10.1 Å². The summed E-state index contributed by atoms with van der Waals surface area (Å²) in [5.74, 6) is 0.0747. The highest BCUT2D eigenvalue weighted by atomic mass is 32.2. The largest absolute Gasteiger partial charge is 0.495 e. The van der Waals surface area contributed by atoms with Gasteiger partial charge >= 0.3 is 0 Å². The first-order valence-corrected chi connectivity index (χ1v) is 7.44. The number of para-hydroxylation sites is 1. The van der Waals surface area contributed by atoms with Gasteiger partial charge in [0.05, 0.1) is 19.0 Å². The second kappa shape index (κ2) is 6.38. The summed E-state index contributed by atoms with van der Waals surface area (Å²) < 4.78 is 36.6. The summed E-state index contributed by atoms with van der Waals surface area (Å²) in [5.41, 5.74) is 4.12. The van der Waals surface area contributed by atoms with Crippen LogP contribution in [0.25, 0.3) is 0 Å². The van der Waals surface area contributed by atoms with Crippen molar-refractivity contribution < 1.29 is 17.7 Å². The summed E-state index contributed by atoms with van der Waals surface area (Å²) in [6.07, 6.45) is 1.45. The van der Waals surface area contributed by atoms with E-state index in [1.807, 2.05) is 30.3 Å². The van der Waals surface area contributed by atoms with Crippen molar-refractivity contribution in [3.63, 3.8) is 0 Å². The molecule has 7 heteroatoms. The van der Waals surface area contributed by atoms with Gasteiger partial charge in [-0.3, -0.25) is 9.98 Å². The van der Waals surface area contributed by atoms with Gasteiger partial charge in [0, 0.05) is 0 Å². The van der Waals surface area contributed by atoms with Crippen molar-refractivity contribution in [2.24, 2.45) is 5.10 Å². The van der Waals surface area contributed by atoms with Crippen molar-refractivity contribution in [1.29, 1.82) is 0 Å². The number of anilines is 1. The molecule has 110 valence electrons. The highest BCUT2D eigenvalue weighted by Gasteiger charge is 2.16. The van der Waals surface area contributed by atoms with E-state index in [0.29, 0.717) is 5.56 Å². The van der Waals surface area contributed by atoms with Crippen LogP contribution >= 0.6 is 0 Å². The third-order valence-electron chi connectivity index (χ3n) is 2.65. The number of hydrogen-bond donors (Lipinski definition) is 2. The van der Waals surface area contributed by atoms with Gasteiger partial charge in [-0.1, -0.05) is 18.2 Å². The number of hydrazone groups is 1. The molecule has 2 rings (SSSR count). The lowest BCUT2D eigenvalue weighted by Gasteiger charge is -2.06. The normalized spacial score (nSPS) is 11.5. The van der Waals surface area contributed by atoms with E-state index in [1.165, 1.54) is 25.5 Å². The number of rotatable bonds is 5. The Morgan fingerprint density at radius 3 is 2.52 bits per heavy atom. The maximum atomic E-state index is 11.3. The molecule has 0 atom stereocenters. The van der Waals surface area contributed by atoms with Crippen molar-refractivity contribution in [3.8, 4) is 5.75 Å². The van der Waals surface area contributed by atoms with E-state index in [-0.39, 0.29) is 10.6 Å². The van der Waals surface area contributed by atoms with Crippen LogP contribution in [-0.2, 0) is 10.1 Å². The molecule has 0 aliphatic rings. The Kier molecular flexibility index (Phi) is 4.56. The minimum atomic E-state index is -4.35. The van der Waals surface area contributed by atoms with Crippen LogP contribution in [0.15, 0.2) is 58.5 Å². The van der Waals surface area contributed by atoms with Crippen LogP contribution in [0.4, 0.5) is 5.69 Å². The highest BCUT2D eigenvalue weighted by Crippen LogP contribution is 2.24. The standard InChI is InChI=1S/C14H14N2O4S/c1-20-13-8-7-11(9-14(13)21(17,18)19)10-15-16-12-5-3-2-4-6-12/h2-10,16H,1H3,(H,17,18,19). The van der Waals surface area contributed by atoms with Gasteiger partial charge in [0.1, 0.15) is 10.6 Å². The predicted octanol–water partition coefficient (Wildman–Crippen LogP) is 2.39. The Bertz CT molecular complexity index is 743. The smallest absolute Gasteiger partial charge is 0.298 e. The van der Waals surface area contributed by atoms with E-state index in [1.54, 1.807) is 6.07 Å². The summed E-state index contributed by atoms with van der Waals surface area (Å²) >= 11 is 0. The Morgan fingerprint density at radius 1 is 1.19 bits per heavy atom. The quantitative estimate of drug-likeness (QED) is 0.503. The third-order valence-corrected chi connectivity index (χ3v) is 3.52. The maximum Gasteiger partial charge on any atom is 0.298 e. The molecule has 21 heavy (non-hydrogen) atoms. The number of methoxy groups -OCH3 is 1. The van der Waals surface area contributed by atoms with Crippen LogP contribution in [0.2, 0.25) is 0 Å². The second-order valence-corrected chi connectivity index (χ2v) is 5.51. The monoisotopic (exact) mass is 306 g/mol. The second-order valence-electron chi connectivity index (χ2n) is 4.12. The molecule has 6 nitrogen and oxygen atoms in total. The SMILES string of the molecule is COc1ccc(C=NNc2ccccc2)cc1S(=O)(=O)O. The molecule has 2 N–H and O–H groups in total. The molecule has 0 spiro atoms. The summed E-state index contributed by atoms with van der Waals surface area (Å²) in [6.45, 7) is 0. The molecule has 0 unspecified atom stereocenters. The minimum Gasteiger partial charge on any atom is -0.495 e. The van der Waals surface area contributed by atoms with Crippen LogP contribution < -0.4 is 10.2 Å². The fraction of sp³-hybridized carbons (Fsp3) is 0.0714. The number of benzene rings is 2. The van der Waals surface area contributed by atoms with Crippen molar-refractivity contribution in [1.82, 2.24) is 0 Å². The Labute approximate surface area is 122 Å². The summed E-state index contributed by atoms with van der Waals surface area (Å²) in [7, 11) is -3.02. The Morgan fingerprint density at radius 2 is 1.90 bits per heavy atom. The zero-order valence-electron chi connectivity index (χ0n) is 11.2. The van der Waals surface area contributed by atoms with Crippen molar-refractivity contribution in [2.75, 3.05) is 12.5 Å².